The number of fused-ring (bicyclic) bond motifs is 1. The van der Waals surface area contributed by atoms with Gasteiger partial charge in [0.15, 0.2) is 5.03 Å². The molecule has 3 aromatic rings. The minimum Gasteiger partial charge on any atom is -0.383 e. The predicted molar refractivity (Wildman–Crippen MR) is 87.9 cm³/mol. The first kappa shape index (κ1) is 16.0. The van der Waals surface area contributed by atoms with Crippen LogP contribution in [0.15, 0.2) is 41.9 Å². The molecule has 2 N–H and O–H groups in total. The normalized spacial score (nSPS) is 11.5. The van der Waals surface area contributed by atoms with Crippen molar-refractivity contribution in [2.45, 2.75) is 11.6 Å². The highest BCUT2D eigenvalue weighted by Gasteiger charge is 2.19. The lowest BCUT2D eigenvalue weighted by atomic mass is 10.2. The molecule has 8 nitrogen and oxygen atoms in total. The molecule has 0 radical (unpaired) electrons. The van der Waals surface area contributed by atoms with Crippen LogP contribution in [0.4, 0.5) is 5.69 Å². The van der Waals surface area contributed by atoms with Crippen LogP contribution in [-0.4, -0.2) is 36.7 Å². The van der Waals surface area contributed by atoms with E-state index in [4.69, 9.17) is 10.00 Å². The van der Waals surface area contributed by atoms with Gasteiger partial charge in [-0.15, -0.1) is 0 Å². The molecule has 124 valence electrons. The van der Waals surface area contributed by atoms with Crippen molar-refractivity contribution >= 4 is 26.6 Å². The number of nitrogens with one attached hydrogen (secondary N) is 2. The summed E-state index contributed by atoms with van der Waals surface area (Å²) in [6.45, 7) is 0.971. The third-order valence-electron chi connectivity index (χ3n) is 3.52. The standard InChI is InChI=1S/C15H15N5O3S/c1-23-6-5-20-9-14(18-10-20)24(21,22)19-13-4-2-3-12-11(7-16)8-17-15(12)13/h2-4,8-10,17,19H,5-6H2,1H3. The van der Waals surface area contributed by atoms with Crippen molar-refractivity contribution in [1.29, 1.82) is 5.26 Å². The first-order valence-electron chi connectivity index (χ1n) is 7.09. The van der Waals surface area contributed by atoms with E-state index in [9.17, 15) is 8.42 Å². The van der Waals surface area contributed by atoms with Gasteiger partial charge in [-0.3, -0.25) is 4.72 Å². The van der Waals surface area contributed by atoms with Crippen LogP contribution >= 0.6 is 0 Å². The third-order valence-corrected chi connectivity index (χ3v) is 4.77. The molecular formula is C15H15N5O3S. The van der Waals surface area contributed by atoms with Crippen LogP contribution in [0, 0.1) is 11.3 Å². The quantitative estimate of drug-likeness (QED) is 0.706. The molecule has 9 heteroatoms. The van der Waals surface area contributed by atoms with Gasteiger partial charge in [0.05, 0.1) is 29.7 Å². The number of nitriles is 1. The van der Waals surface area contributed by atoms with Gasteiger partial charge in [0.2, 0.25) is 0 Å². The highest BCUT2D eigenvalue weighted by atomic mass is 32.2. The Kier molecular flexibility index (Phi) is 4.24. The summed E-state index contributed by atoms with van der Waals surface area (Å²) in [7, 11) is -2.26. The lowest BCUT2D eigenvalue weighted by Crippen LogP contribution is -2.13. The van der Waals surface area contributed by atoms with Gasteiger partial charge in [-0.25, -0.2) is 4.98 Å². The number of aromatic nitrogens is 3. The fourth-order valence-electron chi connectivity index (χ4n) is 2.33. The van der Waals surface area contributed by atoms with Gasteiger partial charge in [-0.1, -0.05) is 12.1 Å². The lowest BCUT2D eigenvalue weighted by Gasteiger charge is -2.07. The molecule has 2 heterocycles. The van der Waals surface area contributed by atoms with Crippen molar-refractivity contribution in [2.24, 2.45) is 0 Å². The Labute approximate surface area is 138 Å². The van der Waals surface area contributed by atoms with E-state index < -0.39 is 10.0 Å². The van der Waals surface area contributed by atoms with Crippen LogP contribution in [-0.2, 0) is 21.3 Å². The second kappa shape index (κ2) is 6.35. The van der Waals surface area contributed by atoms with Gasteiger partial charge in [0.25, 0.3) is 10.0 Å². The SMILES string of the molecule is COCCn1cnc(S(=O)(=O)Nc2cccc3c(C#N)c[nH]c23)c1. The molecule has 3 rings (SSSR count). The molecule has 0 unspecified atom stereocenters. The molecule has 0 spiro atoms. The Morgan fingerprint density at radius 2 is 2.29 bits per heavy atom. The summed E-state index contributed by atoms with van der Waals surface area (Å²) < 4.78 is 34.1. The Bertz CT molecular complexity index is 1010. The summed E-state index contributed by atoms with van der Waals surface area (Å²) in [5.41, 5.74) is 1.37. The highest BCUT2D eigenvalue weighted by Crippen LogP contribution is 2.26. The summed E-state index contributed by atoms with van der Waals surface area (Å²) in [4.78, 5) is 6.86. The molecule has 1 aromatic carbocycles. The molecule has 0 fully saturated rings. The van der Waals surface area contributed by atoms with E-state index in [2.05, 4.69) is 20.8 Å². The smallest absolute Gasteiger partial charge is 0.281 e. The molecule has 0 atom stereocenters. The van der Waals surface area contributed by atoms with Crippen LogP contribution < -0.4 is 4.72 Å². The number of hydrogen-bond acceptors (Lipinski definition) is 5. The Balaban J connectivity index is 1.91. The molecule has 0 amide bonds. The average Bonchev–Trinajstić information content (AvgIpc) is 3.20. The molecule has 2 aromatic heterocycles. The van der Waals surface area contributed by atoms with Crippen molar-refractivity contribution in [3.8, 4) is 6.07 Å². The summed E-state index contributed by atoms with van der Waals surface area (Å²) in [6, 6.07) is 7.12. The van der Waals surface area contributed by atoms with E-state index in [0.717, 1.165) is 0 Å². The van der Waals surface area contributed by atoms with Gasteiger partial charge < -0.3 is 14.3 Å². The zero-order valence-electron chi connectivity index (χ0n) is 12.9. The zero-order valence-corrected chi connectivity index (χ0v) is 13.7. The summed E-state index contributed by atoms with van der Waals surface area (Å²) in [5, 5.41) is 9.64. The maximum Gasteiger partial charge on any atom is 0.281 e. The fraction of sp³-hybridized carbons (Fsp3) is 0.200. The van der Waals surface area contributed by atoms with Crippen LogP contribution in [0.25, 0.3) is 10.9 Å². The summed E-state index contributed by atoms with van der Waals surface area (Å²) >= 11 is 0. The van der Waals surface area contributed by atoms with Crippen molar-refractivity contribution in [2.75, 3.05) is 18.4 Å². The number of rotatable bonds is 6. The Morgan fingerprint density at radius 3 is 3.04 bits per heavy atom. The molecular weight excluding hydrogens is 330 g/mol. The van der Waals surface area contributed by atoms with E-state index in [1.165, 1.54) is 12.5 Å². The van der Waals surface area contributed by atoms with E-state index >= 15 is 0 Å². The molecule has 0 aliphatic heterocycles. The van der Waals surface area contributed by atoms with Gasteiger partial charge in [0.1, 0.15) is 6.07 Å². The van der Waals surface area contributed by atoms with Crippen LogP contribution in [0.5, 0.6) is 0 Å². The number of para-hydroxylation sites is 1. The first-order chi connectivity index (χ1) is 11.5. The van der Waals surface area contributed by atoms with E-state index in [-0.39, 0.29) is 5.03 Å². The molecule has 24 heavy (non-hydrogen) atoms. The minimum absolute atomic E-state index is 0.0809. The monoisotopic (exact) mass is 345 g/mol. The number of anilines is 1. The second-order valence-electron chi connectivity index (χ2n) is 5.09. The van der Waals surface area contributed by atoms with Crippen LogP contribution in [0.2, 0.25) is 0 Å². The number of aromatic amines is 1. The topological polar surface area (TPSA) is 113 Å². The average molecular weight is 345 g/mol. The predicted octanol–water partition coefficient (Wildman–Crippen LogP) is 1.68. The van der Waals surface area contributed by atoms with Crippen molar-refractivity contribution in [3.63, 3.8) is 0 Å². The van der Waals surface area contributed by atoms with Crippen LogP contribution in [0.1, 0.15) is 5.56 Å². The number of ether oxygens (including phenoxy) is 1. The van der Waals surface area contributed by atoms with E-state index in [1.54, 1.807) is 36.1 Å². The number of sulfonamides is 1. The zero-order chi connectivity index (χ0) is 17.2. The largest absolute Gasteiger partial charge is 0.383 e. The minimum atomic E-state index is -3.83. The number of hydrogen-bond donors (Lipinski definition) is 2. The molecule has 0 aliphatic rings. The van der Waals surface area contributed by atoms with Gasteiger partial charge in [-0.2, -0.15) is 13.7 Å². The Morgan fingerprint density at radius 1 is 1.46 bits per heavy atom. The Hall–Kier alpha value is -2.83. The first-order valence-corrected chi connectivity index (χ1v) is 8.57. The summed E-state index contributed by atoms with van der Waals surface area (Å²) in [6.07, 6.45) is 4.43. The maximum atomic E-state index is 12.5. The van der Waals surface area contributed by atoms with Crippen molar-refractivity contribution in [1.82, 2.24) is 14.5 Å². The van der Waals surface area contributed by atoms with E-state index in [0.29, 0.717) is 35.3 Å². The summed E-state index contributed by atoms with van der Waals surface area (Å²) in [5.74, 6) is 0. The fourth-order valence-corrected chi connectivity index (χ4v) is 3.35. The number of H-pyrrole nitrogens is 1. The second-order valence-corrected chi connectivity index (χ2v) is 6.72. The molecule has 0 saturated heterocycles. The van der Waals surface area contributed by atoms with Crippen LogP contribution in [0.3, 0.4) is 0 Å². The van der Waals surface area contributed by atoms with Gasteiger partial charge in [-0.05, 0) is 6.07 Å². The van der Waals surface area contributed by atoms with E-state index in [1.807, 2.05) is 0 Å². The molecule has 0 saturated carbocycles. The number of imidazole rings is 1. The van der Waals surface area contributed by atoms with Gasteiger partial charge in [0, 0.05) is 31.4 Å². The maximum absolute atomic E-state index is 12.5. The molecule has 0 bridgehead atoms. The van der Waals surface area contributed by atoms with Crippen molar-refractivity contribution < 1.29 is 13.2 Å². The number of benzene rings is 1. The van der Waals surface area contributed by atoms with Gasteiger partial charge >= 0.3 is 0 Å². The number of nitrogens with zero attached hydrogens (tertiary/aromatic N) is 3. The van der Waals surface area contributed by atoms with Crippen molar-refractivity contribution in [3.05, 3.63) is 42.5 Å². The highest BCUT2D eigenvalue weighted by molar-refractivity contribution is 7.92. The third kappa shape index (κ3) is 2.97. The lowest BCUT2D eigenvalue weighted by molar-refractivity contribution is 0.187. The number of methoxy groups -OCH3 is 1. The molecule has 0 aliphatic carbocycles.